The first-order valence-corrected chi connectivity index (χ1v) is 11.1. The summed E-state index contributed by atoms with van der Waals surface area (Å²) >= 11 is 5.57. The molecule has 0 aromatic heterocycles. The molecule has 1 aromatic carbocycles. The van der Waals surface area contributed by atoms with Crippen LogP contribution in [0.25, 0.3) is 0 Å². The molecule has 0 radical (unpaired) electrons. The highest BCUT2D eigenvalue weighted by atomic mass is 32.1. The van der Waals surface area contributed by atoms with Gasteiger partial charge in [0.1, 0.15) is 0 Å². The van der Waals surface area contributed by atoms with E-state index in [2.05, 4.69) is 17.0 Å². The topological polar surface area (TPSA) is 46.6 Å². The van der Waals surface area contributed by atoms with Gasteiger partial charge in [0.05, 0.1) is 18.7 Å². The van der Waals surface area contributed by atoms with Gasteiger partial charge in [0.15, 0.2) is 5.05 Å². The summed E-state index contributed by atoms with van der Waals surface area (Å²) in [6.45, 7) is 3.33. The van der Waals surface area contributed by atoms with E-state index in [-0.39, 0.29) is 29.6 Å². The first kappa shape index (κ1) is 21.1. The second-order valence-corrected chi connectivity index (χ2v) is 8.34. The van der Waals surface area contributed by atoms with E-state index in [1.807, 2.05) is 25.1 Å². The number of benzene rings is 1. The van der Waals surface area contributed by atoms with E-state index >= 15 is 0 Å². The molecule has 4 nitrogen and oxygen atoms in total. The maximum absolute atomic E-state index is 12.9. The molecular formula is C23H31NO3S. The molecule has 1 aliphatic carbocycles. The van der Waals surface area contributed by atoms with Crippen LogP contribution in [0.2, 0.25) is 0 Å². The van der Waals surface area contributed by atoms with Gasteiger partial charge in [0.25, 0.3) is 0 Å². The summed E-state index contributed by atoms with van der Waals surface area (Å²) in [6.07, 6.45) is 7.18. The second-order valence-electron chi connectivity index (χ2n) is 7.93. The number of hydrogen-bond acceptors (Lipinski definition) is 5. The number of ether oxygens (including phenoxy) is 1. The number of Topliss-reactive ketones (excluding diaryl/α,β-unsaturated/α-hetero) is 2. The van der Waals surface area contributed by atoms with Crippen molar-refractivity contribution in [1.29, 1.82) is 0 Å². The van der Waals surface area contributed by atoms with Gasteiger partial charge in [-0.25, -0.2) is 0 Å². The lowest BCUT2D eigenvalue weighted by atomic mass is 9.93. The Kier molecular flexibility index (Phi) is 7.74. The zero-order valence-electron chi connectivity index (χ0n) is 16.8. The minimum Gasteiger partial charge on any atom is -0.485 e. The molecule has 2 aliphatic rings. The lowest BCUT2D eigenvalue weighted by Crippen LogP contribution is -2.49. The molecule has 0 bridgehead atoms. The lowest BCUT2D eigenvalue weighted by Gasteiger charge is -2.31. The van der Waals surface area contributed by atoms with Crippen LogP contribution in [-0.2, 0) is 20.7 Å². The maximum Gasteiger partial charge on any atom is 0.215 e. The van der Waals surface area contributed by atoms with E-state index in [1.54, 1.807) is 0 Å². The van der Waals surface area contributed by atoms with Crippen molar-refractivity contribution in [3.8, 4) is 0 Å². The smallest absolute Gasteiger partial charge is 0.215 e. The van der Waals surface area contributed by atoms with Gasteiger partial charge >= 0.3 is 0 Å². The maximum atomic E-state index is 12.9. The van der Waals surface area contributed by atoms with Crippen molar-refractivity contribution in [2.75, 3.05) is 13.2 Å². The molecule has 1 unspecified atom stereocenters. The van der Waals surface area contributed by atoms with Gasteiger partial charge in [-0.1, -0.05) is 50.1 Å². The van der Waals surface area contributed by atoms with E-state index in [1.165, 1.54) is 5.56 Å². The van der Waals surface area contributed by atoms with Crippen molar-refractivity contribution in [3.63, 3.8) is 0 Å². The molecule has 2 atom stereocenters. The van der Waals surface area contributed by atoms with Gasteiger partial charge in [0.2, 0.25) is 11.6 Å². The van der Waals surface area contributed by atoms with Crippen LogP contribution in [0.15, 0.2) is 30.3 Å². The number of rotatable bonds is 9. The van der Waals surface area contributed by atoms with Crippen molar-refractivity contribution >= 4 is 28.8 Å². The highest BCUT2D eigenvalue weighted by Gasteiger charge is 2.40. The van der Waals surface area contributed by atoms with Gasteiger partial charge in [-0.2, -0.15) is 0 Å². The fraction of sp³-hybridized carbons (Fsp3) is 0.609. The predicted molar refractivity (Wildman–Crippen MR) is 114 cm³/mol. The van der Waals surface area contributed by atoms with Gasteiger partial charge in [0, 0.05) is 12.3 Å². The normalized spacial score (nSPS) is 21.5. The summed E-state index contributed by atoms with van der Waals surface area (Å²) in [7, 11) is 0. The van der Waals surface area contributed by atoms with E-state index in [0.717, 1.165) is 51.5 Å². The van der Waals surface area contributed by atoms with Crippen LogP contribution in [0.4, 0.5) is 0 Å². The van der Waals surface area contributed by atoms with Crippen LogP contribution in [0.5, 0.6) is 0 Å². The van der Waals surface area contributed by atoms with Crippen LogP contribution in [-0.4, -0.2) is 46.8 Å². The fourth-order valence-electron chi connectivity index (χ4n) is 4.55. The molecule has 1 aromatic rings. The summed E-state index contributed by atoms with van der Waals surface area (Å²) < 4.78 is 5.89. The number of thiocarbonyl (C=S) groups is 1. The highest BCUT2D eigenvalue weighted by molar-refractivity contribution is 7.80. The van der Waals surface area contributed by atoms with Crippen LogP contribution >= 0.6 is 12.2 Å². The quantitative estimate of drug-likeness (QED) is 0.460. The van der Waals surface area contributed by atoms with Crippen LogP contribution in [0.1, 0.15) is 57.4 Å². The van der Waals surface area contributed by atoms with Crippen molar-refractivity contribution in [2.24, 2.45) is 5.92 Å². The number of likely N-dealkylation sites (tertiary alicyclic amines) is 1. The average molecular weight is 402 g/mol. The number of carbonyl (C=O) groups excluding carboxylic acids is 2. The molecule has 1 aliphatic heterocycles. The molecule has 1 saturated carbocycles. The Morgan fingerprint density at radius 2 is 1.86 bits per heavy atom. The number of hydrogen-bond donors (Lipinski definition) is 0. The first-order valence-electron chi connectivity index (χ1n) is 10.7. The van der Waals surface area contributed by atoms with Gasteiger partial charge in [-0.3, -0.25) is 14.5 Å². The van der Waals surface area contributed by atoms with Gasteiger partial charge < -0.3 is 4.74 Å². The molecule has 5 heteroatoms. The summed E-state index contributed by atoms with van der Waals surface area (Å²) in [5.41, 5.74) is 1.22. The zero-order chi connectivity index (χ0) is 19.9. The minimum absolute atomic E-state index is 0.0453. The lowest BCUT2D eigenvalue weighted by molar-refractivity contribution is -0.142. The Morgan fingerprint density at radius 3 is 2.54 bits per heavy atom. The Balaban J connectivity index is 1.57. The third-order valence-electron chi connectivity index (χ3n) is 6.10. The molecule has 152 valence electrons. The monoisotopic (exact) mass is 401 g/mol. The fourth-order valence-corrected chi connectivity index (χ4v) is 4.89. The Morgan fingerprint density at radius 1 is 1.14 bits per heavy atom. The van der Waals surface area contributed by atoms with Crippen molar-refractivity contribution < 1.29 is 14.3 Å². The number of ketones is 2. The van der Waals surface area contributed by atoms with Crippen molar-refractivity contribution in [3.05, 3.63) is 35.9 Å². The largest absolute Gasteiger partial charge is 0.485 e. The molecule has 2 fully saturated rings. The molecule has 0 amide bonds. The van der Waals surface area contributed by atoms with Gasteiger partial charge in [-0.05, 0) is 56.4 Å². The third kappa shape index (κ3) is 5.06. The highest BCUT2D eigenvalue weighted by Crippen LogP contribution is 2.29. The average Bonchev–Trinajstić information content (AvgIpc) is 3.41. The summed E-state index contributed by atoms with van der Waals surface area (Å²) in [5.74, 6) is -0.434. The molecule has 3 rings (SSSR count). The van der Waals surface area contributed by atoms with Crippen LogP contribution in [0, 0.1) is 5.92 Å². The van der Waals surface area contributed by atoms with E-state index in [4.69, 9.17) is 17.0 Å². The Labute approximate surface area is 173 Å². The predicted octanol–water partition coefficient (Wildman–Crippen LogP) is 4.14. The zero-order valence-corrected chi connectivity index (χ0v) is 17.6. The molecule has 1 heterocycles. The first-order chi connectivity index (χ1) is 13.6. The molecule has 28 heavy (non-hydrogen) atoms. The van der Waals surface area contributed by atoms with Crippen molar-refractivity contribution in [1.82, 2.24) is 4.90 Å². The standard InChI is InChI=1S/C23H31NO3S/c1-2-19(22(26)21(25)18-11-6-7-12-18)24-15-8-13-20(24)23(28)27-16-14-17-9-4-3-5-10-17/h3-5,9-10,18-20H,2,6-8,11-16H2,1H3/t19?,20-/m0/s1. The van der Waals surface area contributed by atoms with E-state index in [0.29, 0.717) is 18.1 Å². The van der Waals surface area contributed by atoms with E-state index in [9.17, 15) is 9.59 Å². The van der Waals surface area contributed by atoms with Crippen LogP contribution < -0.4 is 0 Å². The SMILES string of the molecule is CCC(C(=O)C(=O)C1CCCC1)N1CCC[C@H]1C(=S)OCCc1ccccc1. The number of nitrogens with zero attached hydrogens (tertiary/aromatic N) is 1. The second kappa shape index (κ2) is 10.3. The molecule has 0 spiro atoms. The molecule has 1 saturated heterocycles. The Hall–Kier alpha value is -1.59. The summed E-state index contributed by atoms with van der Waals surface area (Å²) in [5, 5.41) is 0.563. The minimum atomic E-state index is -0.365. The Bertz CT molecular complexity index is 684. The summed E-state index contributed by atoms with van der Waals surface area (Å²) in [4.78, 5) is 27.7. The summed E-state index contributed by atoms with van der Waals surface area (Å²) in [6, 6.07) is 9.78. The van der Waals surface area contributed by atoms with Gasteiger partial charge in [-0.15, -0.1) is 0 Å². The van der Waals surface area contributed by atoms with E-state index < -0.39 is 0 Å². The van der Waals surface area contributed by atoms with Crippen LogP contribution in [0.3, 0.4) is 0 Å². The molecule has 0 N–H and O–H groups in total. The third-order valence-corrected chi connectivity index (χ3v) is 6.49. The van der Waals surface area contributed by atoms with Crippen molar-refractivity contribution in [2.45, 2.75) is 70.4 Å². The molecular weight excluding hydrogens is 370 g/mol. The number of carbonyl (C=O) groups is 2.